The fourth-order valence-corrected chi connectivity index (χ4v) is 2.76. The van der Waals surface area contributed by atoms with Gasteiger partial charge in [0.1, 0.15) is 11.6 Å². The van der Waals surface area contributed by atoms with Crippen molar-refractivity contribution in [3.63, 3.8) is 0 Å². The molecule has 0 radical (unpaired) electrons. The maximum Gasteiger partial charge on any atom is 0.220 e. The molecule has 1 N–H and O–H groups in total. The highest BCUT2D eigenvalue weighted by Crippen LogP contribution is 2.24. The molecule has 2 rings (SSSR count). The van der Waals surface area contributed by atoms with Crippen molar-refractivity contribution in [3.05, 3.63) is 41.9 Å². The van der Waals surface area contributed by atoms with Gasteiger partial charge in [-0.25, -0.2) is 13.8 Å². The Kier molecular flexibility index (Phi) is 7.75. The third-order valence-electron chi connectivity index (χ3n) is 4.21. The number of unbranched alkanes of at least 4 members (excludes halogenated alkanes) is 3. The van der Waals surface area contributed by atoms with Crippen LogP contribution in [-0.2, 0) is 11.2 Å². The zero-order chi connectivity index (χ0) is 18.9. The predicted octanol–water partition coefficient (Wildman–Crippen LogP) is 5.03. The average molecular weight is 364 g/mol. The molecule has 2 aromatic rings. The highest BCUT2D eigenvalue weighted by molar-refractivity contribution is 5.76. The van der Waals surface area contributed by atoms with E-state index in [1.54, 1.807) is 0 Å². The highest BCUT2D eigenvalue weighted by Gasteiger charge is 2.13. The van der Waals surface area contributed by atoms with Gasteiger partial charge in [0, 0.05) is 24.9 Å². The maximum atomic E-state index is 13.8. The van der Waals surface area contributed by atoms with Gasteiger partial charge in [-0.05, 0) is 25.5 Å². The summed E-state index contributed by atoms with van der Waals surface area (Å²) < 4.78 is 32.2. The average Bonchev–Trinajstić information content (AvgIpc) is 3.05. The molecule has 0 fully saturated rings. The van der Waals surface area contributed by atoms with Gasteiger partial charge in [-0.2, -0.15) is 0 Å². The van der Waals surface area contributed by atoms with E-state index in [9.17, 15) is 13.6 Å². The molecule has 1 unspecified atom stereocenters. The van der Waals surface area contributed by atoms with Crippen molar-refractivity contribution >= 4 is 5.91 Å². The van der Waals surface area contributed by atoms with Crippen molar-refractivity contribution in [3.8, 4) is 11.3 Å². The normalized spacial score (nSPS) is 12.2. The molecule has 142 valence electrons. The summed E-state index contributed by atoms with van der Waals surface area (Å²) in [6, 6.07) is 3.41. The van der Waals surface area contributed by atoms with Gasteiger partial charge < -0.3 is 9.73 Å². The first kappa shape index (κ1) is 20.1. The number of halogens is 2. The fourth-order valence-electron chi connectivity index (χ4n) is 2.76. The highest BCUT2D eigenvalue weighted by atomic mass is 19.1. The van der Waals surface area contributed by atoms with E-state index >= 15 is 0 Å². The number of aryl methyl sites for hydroxylation is 1. The Hall–Kier alpha value is -2.24. The lowest BCUT2D eigenvalue weighted by Gasteiger charge is -2.13. The zero-order valence-electron chi connectivity index (χ0n) is 15.4. The summed E-state index contributed by atoms with van der Waals surface area (Å²) in [6.45, 7) is 4.17. The van der Waals surface area contributed by atoms with Crippen LogP contribution in [0.5, 0.6) is 0 Å². The topological polar surface area (TPSA) is 55.1 Å². The molecule has 0 saturated heterocycles. The van der Waals surface area contributed by atoms with Crippen LogP contribution in [0.1, 0.15) is 58.3 Å². The van der Waals surface area contributed by atoms with Crippen molar-refractivity contribution in [2.24, 2.45) is 0 Å². The van der Waals surface area contributed by atoms with Gasteiger partial charge in [-0.1, -0.05) is 32.6 Å². The van der Waals surface area contributed by atoms with Crippen molar-refractivity contribution in [2.45, 2.75) is 64.8 Å². The van der Waals surface area contributed by atoms with E-state index in [2.05, 4.69) is 17.2 Å². The van der Waals surface area contributed by atoms with Crippen LogP contribution in [0, 0.1) is 11.6 Å². The Labute approximate surface area is 153 Å². The number of nitrogens with zero attached hydrogens (tertiary/aromatic N) is 1. The number of carbonyl (C=O) groups excluding carboxylic acids is 1. The van der Waals surface area contributed by atoms with Crippen LogP contribution in [0.2, 0.25) is 0 Å². The van der Waals surface area contributed by atoms with E-state index in [0.29, 0.717) is 12.3 Å². The predicted molar refractivity (Wildman–Crippen MR) is 96.5 cm³/mol. The summed E-state index contributed by atoms with van der Waals surface area (Å²) in [5.74, 6) is -0.828. The molecule has 0 aliphatic carbocycles. The molecule has 1 aromatic heterocycles. The minimum Gasteiger partial charge on any atom is -0.441 e. The lowest BCUT2D eigenvalue weighted by Crippen LogP contribution is -2.32. The van der Waals surface area contributed by atoms with Crippen LogP contribution in [0.4, 0.5) is 8.78 Å². The molecule has 0 aliphatic rings. The molecule has 1 amide bonds. The molecule has 6 heteroatoms. The third-order valence-corrected chi connectivity index (χ3v) is 4.21. The van der Waals surface area contributed by atoms with Gasteiger partial charge in [-0.15, -0.1) is 0 Å². The van der Waals surface area contributed by atoms with Gasteiger partial charge in [-0.3, -0.25) is 4.79 Å². The summed E-state index contributed by atoms with van der Waals surface area (Å²) in [5, 5.41) is 2.97. The molecule has 0 saturated carbocycles. The molecule has 0 bridgehead atoms. The lowest BCUT2D eigenvalue weighted by molar-refractivity contribution is -0.121. The third kappa shape index (κ3) is 6.24. The van der Waals surface area contributed by atoms with E-state index < -0.39 is 11.6 Å². The van der Waals surface area contributed by atoms with Crippen molar-refractivity contribution in [1.29, 1.82) is 0 Å². The smallest absolute Gasteiger partial charge is 0.220 e. The van der Waals surface area contributed by atoms with Crippen LogP contribution in [0.25, 0.3) is 11.3 Å². The van der Waals surface area contributed by atoms with Crippen LogP contribution < -0.4 is 5.32 Å². The summed E-state index contributed by atoms with van der Waals surface area (Å²) in [7, 11) is 0. The minimum absolute atomic E-state index is 0.0549. The number of carbonyl (C=O) groups is 1. The first-order valence-electron chi connectivity index (χ1n) is 9.19. The van der Waals surface area contributed by atoms with Crippen molar-refractivity contribution < 1.29 is 18.0 Å². The summed E-state index contributed by atoms with van der Waals surface area (Å²) in [5.41, 5.74) is 0.148. The van der Waals surface area contributed by atoms with E-state index in [1.165, 1.54) is 31.5 Å². The number of nitrogens with one attached hydrogen (secondary N) is 1. The quantitative estimate of drug-likeness (QED) is 0.602. The molecule has 0 spiro atoms. The Morgan fingerprint density at radius 1 is 1.27 bits per heavy atom. The lowest BCUT2D eigenvalue weighted by atomic mass is 10.1. The molecule has 0 aliphatic heterocycles. The number of hydrogen-bond acceptors (Lipinski definition) is 3. The summed E-state index contributed by atoms with van der Waals surface area (Å²) >= 11 is 0. The monoisotopic (exact) mass is 364 g/mol. The summed E-state index contributed by atoms with van der Waals surface area (Å²) in [4.78, 5) is 16.1. The van der Waals surface area contributed by atoms with E-state index in [-0.39, 0.29) is 29.7 Å². The molecule has 1 aromatic carbocycles. The number of hydrogen-bond donors (Lipinski definition) is 1. The zero-order valence-corrected chi connectivity index (χ0v) is 15.4. The first-order chi connectivity index (χ1) is 12.5. The van der Waals surface area contributed by atoms with Crippen LogP contribution >= 0.6 is 0 Å². The number of rotatable bonds is 10. The Bertz CT molecular complexity index is 716. The number of aromatic nitrogens is 1. The largest absolute Gasteiger partial charge is 0.441 e. The van der Waals surface area contributed by atoms with E-state index in [1.807, 2.05) is 6.92 Å². The Balaban J connectivity index is 1.79. The molecular weight excluding hydrogens is 338 g/mol. The first-order valence-corrected chi connectivity index (χ1v) is 9.19. The van der Waals surface area contributed by atoms with E-state index in [0.717, 1.165) is 25.0 Å². The van der Waals surface area contributed by atoms with E-state index in [4.69, 9.17) is 4.42 Å². The van der Waals surface area contributed by atoms with Gasteiger partial charge in [0.05, 0.1) is 11.8 Å². The second kappa shape index (κ2) is 10.0. The number of amides is 1. The van der Waals surface area contributed by atoms with Gasteiger partial charge >= 0.3 is 0 Å². The van der Waals surface area contributed by atoms with Crippen LogP contribution in [-0.4, -0.2) is 16.9 Å². The van der Waals surface area contributed by atoms with Gasteiger partial charge in [0.25, 0.3) is 0 Å². The maximum absolute atomic E-state index is 13.8. The number of benzene rings is 1. The van der Waals surface area contributed by atoms with Crippen LogP contribution in [0.15, 0.2) is 28.8 Å². The second-order valence-corrected chi connectivity index (χ2v) is 6.56. The SMILES string of the molecule is CCCCCCC(C)NC(=O)CCc1ncc(-c2ccc(F)cc2F)o1. The number of oxazole rings is 1. The molecule has 26 heavy (non-hydrogen) atoms. The molecule has 1 heterocycles. The van der Waals surface area contributed by atoms with Crippen molar-refractivity contribution in [2.75, 3.05) is 0 Å². The molecule has 1 atom stereocenters. The molecular formula is C20H26F2N2O2. The van der Waals surface area contributed by atoms with Crippen molar-refractivity contribution in [1.82, 2.24) is 10.3 Å². The van der Waals surface area contributed by atoms with Gasteiger partial charge in [0.2, 0.25) is 5.91 Å². The second-order valence-electron chi connectivity index (χ2n) is 6.56. The standard InChI is InChI=1S/C20H26F2N2O2/c1-3-4-5-6-7-14(2)24-19(25)10-11-20-23-13-18(26-20)16-9-8-15(21)12-17(16)22/h8-9,12-14H,3-7,10-11H2,1-2H3,(H,24,25). The Morgan fingerprint density at radius 3 is 2.81 bits per heavy atom. The Morgan fingerprint density at radius 2 is 2.08 bits per heavy atom. The van der Waals surface area contributed by atoms with Gasteiger partial charge in [0.15, 0.2) is 11.7 Å². The fraction of sp³-hybridized carbons (Fsp3) is 0.500. The minimum atomic E-state index is -0.706. The van der Waals surface area contributed by atoms with Crippen LogP contribution in [0.3, 0.4) is 0 Å². The summed E-state index contributed by atoms with van der Waals surface area (Å²) in [6.07, 6.45) is 7.67. The molecule has 4 nitrogen and oxygen atoms in total.